The summed E-state index contributed by atoms with van der Waals surface area (Å²) in [5.41, 5.74) is 3.11. The van der Waals surface area contributed by atoms with Gasteiger partial charge in [-0.25, -0.2) is 4.68 Å². The highest BCUT2D eigenvalue weighted by Gasteiger charge is 2.17. The van der Waals surface area contributed by atoms with E-state index in [2.05, 4.69) is 96.3 Å². The normalized spacial score (nSPS) is 12.7. The first kappa shape index (κ1) is 24.4. The summed E-state index contributed by atoms with van der Waals surface area (Å²) in [6.07, 6.45) is 2.07. The van der Waals surface area contributed by atoms with E-state index < -0.39 is 16.1 Å². The lowest BCUT2D eigenvalue weighted by molar-refractivity contribution is 0.0816. The zero-order chi connectivity index (χ0) is 22.6. The van der Waals surface area contributed by atoms with Crippen LogP contribution >= 0.6 is 15.9 Å². The fourth-order valence-electron chi connectivity index (χ4n) is 3.25. The number of hydrogen-bond acceptors (Lipinski definition) is 3. The van der Waals surface area contributed by atoms with Crippen LogP contribution in [0.15, 0.2) is 41.0 Å². The van der Waals surface area contributed by atoms with Crippen molar-refractivity contribution in [2.24, 2.45) is 0 Å². The van der Waals surface area contributed by atoms with Crippen molar-refractivity contribution < 1.29 is 9.47 Å². The van der Waals surface area contributed by atoms with Gasteiger partial charge in [-0.1, -0.05) is 55.2 Å². The summed E-state index contributed by atoms with van der Waals surface area (Å²) in [5, 5.41) is 6.07. The molecule has 0 saturated carbocycles. The van der Waals surface area contributed by atoms with Gasteiger partial charge in [0.1, 0.15) is 19.2 Å². The number of hydrogen-bond donors (Lipinski definition) is 0. The highest BCUT2D eigenvalue weighted by Crippen LogP contribution is 2.30. The van der Waals surface area contributed by atoms with Gasteiger partial charge in [0.05, 0.1) is 11.2 Å². The molecule has 2 heterocycles. The molecule has 31 heavy (non-hydrogen) atoms. The molecule has 0 amide bonds. The number of halogens is 1. The first-order valence-corrected chi connectivity index (χ1v) is 19.2. The number of ether oxygens (including phenoxy) is 2. The van der Waals surface area contributed by atoms with Crippen LogP contribution in [0.4, 0.5) is 0 Å². The third-order valence-electron chi connectivity index (χ3n) is 5.22. The maximum atomic E-state index is 6.01. The fraction of sp³-hybridized carbons (Fsp3) is 0.522. The summed E-state index contributed by atoms with van der Waals surface area (Å²) in [6.45, 7) is 16.8. The highest BCUT2D eigenvalue weighted by atomic mass is 79.9. The van der Waals surface area contributed by atoms with Gasteiger partial charge >= 0.3 is 0 Å². The van der Waals surface area contributed by atoms with Crippen molar-refractivity contribution in [3.63, 3.8) is 0 Å². The lowest BCUT2D eigenvalue weighted by Crippen LogP contribution is -2.22. The summed E-state index contributed by atoms with van der Waals surface area (Å²) in [5.74, 6) is 0. The molecule has 0 saturated heterocycles. The second-order valence-corrected chi connectivity index (χ2v) is 22.7. The maximum absolute atomic E-state index is 6.01. The molecule has 0 fully saturated rings. The van der Waals surface area contributed by atoms with Crippen LogP contribution in [0.5, 0.6) is 0 Å². The van der Waals surface area contributed by atoms with Gasteiger partial charge in [0, 0.05) is 45.4 Å². The lowest BCUT2D eigenvalue weighted by atomic mass is 10.1. The largest absolute Gasteiger partial charge is 0.361 e. The predicted molar refractivity (Wildman–Crippen MR) is 139 cm³/mol. The summed E-state index contributed by atoms with van der Waals surface area (Å²) < 4.78 is 17.2. The smallest absolute Gasteiger partial charge is 0.140 e. The van der Waals surface area contributed by atoms with E-state index in [1.165, 1.54) is 6.04 Å². The van der Waals surface area contributed by atoms with Crippen LogP contribution in [0, 0.1) is 0 Å². The molecular formula is C23H36BrN3O2Si2. The van der Waals surface area contributed by atoms with Crippen molar-refractivity contribution in [2.45, 2.75) is 64.8 Å². The Bertz CT molecular complexity index is 1000. The molecule has 3 aromatic rings. The third kappa shape index (κ3) is 7.15. The van der Waals surface area contributed by atoms with Gasteiger partial charge in [-0.3, -0.25) is 0 Å². The average molecular weight is 523 g/mol. The van der Waals surface area contributed by atoms with E-state index in [-0.39, 0.29) is 0 Å². The zero-order valence-electron chi connectivity index (χ0n) is 19.7. The van der Waals surface area contributed by atoms with Gasteiger partial charge in [-0.2, -0.15) is 5.10 Å². The van der Waals surface area contributed by atoms with Crippen LogP contribution in [0.1, 0.15) is 0 Å². The molecule has 0 aliphatic rings. The monoisotopic (exact) mass is 521 g/mol. The Balaban J connectivity index is 1.79. The Kier molecular flexibility index (Phi) is 8.02. The van der Waals surface area contributed by atoms with Crippen LogP contribution in [0.25, 0.3) is 22.3 Å². The van der Waals surface area contributed by atoms with Gasteiger partial charge in [0.25, 0.3) is 0 Å². The molecule has 0 aliphatic carbocycles. The van der Waals surface area contributed by atoms with Crippen LogP contribution in [0.2, 0.25) is 51.4 Å². The van der Waals surface area contributed by atoms with Crippen molar-refractivity contribution in [3.8, 4) is 11.4 Å². The number of nitrogens with zero attached hydrogens (tertiary/aromatic N) is 3. The molecule has 0 atom stereocenters. The summed E-state index contributed by atoms with van der Waals surface area (Å²) in [7, 11) is -2.20. The molecule has 3 rings (SSSR count). The highest BCUT2D eigenvalue weighted by molar-refractivity contribution is 9.10. The van der Waals surface area contributed by atoms with Gasteiger partial charge < -0.3 is 14.0 Å². The lowest BCUT2D eigenvalue weighted by Gasteiger charge is -2.16. The van der Waals surface area contributed by atoms with E-state index in [0.29, 0.717) is 13.5 Å². The van der Waals surface area contributed by atoms with Gasteiger partial charge in [0.2, 0.25) is 0 Å². The molecule has 0 N–H and O–H groups in total. The van der Waals surface area contributed by atoms with Crippen LogP contribution < -0.4 is 0 Å². The summed E-state index contributed by atoms with van der Waals surface area (Å²) in [4.78, 5) is 0. The Morgan fingerprint density at radius 1 is 0.903 bits per heavy atom. The predicted octanol–water partition coefficient (Wildman–Crippen LogP) is 6.89. The maximum Gasteiger partial charge on any atom is 0.140 e. The van der Waals surface area contributed by atoms with Gasteiger partial charge in [0.15, 0.2) is 0 Å². The van der Waals surface area contributed by atoms with E-state index in [4.69, 9.17) is 14.6 Å². The van der Waals surface area contributed by atoms with Crippen molar-refractivity contribution in [1.82, 2.24) is 14.3 Å². The van der Waals surface area contributed by atoms with E-state index in [0.717, 1.165) is 46.0 Å². The fourth-order valence-corrected chi connectivity index (χ4v) is 5.11. The summed E-state index contributed by atoms with van der Waals surface area (Å²) in [6, 6.07) is 12.8. The molecule has 170 valence electrons. The van der Waals surface area contributed by atoms with Crippen molar-refractivity contribution in [2.75, 3.05) is 13.2 Å². The first-order valence-electron chi connectivity index (χ1n) is 11.0. The Morgan fingerprint density at radius 2 is 1.55 bits per heavy atom. The molecule has 0 aliphatic heterocycles. The number of rotatable bonds is 11. The zero-order valence-corrected chi connectivity index (χ0v) is 23.3. The molecule has 0 unspecified atom stereocenters. The molecule has 1 aromatic carbocycles. The standard InChI is InChI=1S/C23H36BrN3O2Si2/c1-30(2,3)14-12-28-17-26-11-7-8-21(26)23-20-10-9-19(24)16-22(20)27(25-23)18-29-13-15-31(4,5)6/h7-11,16H,12-15,17-18H2,1-6H3. The molecular weight excluding hydrogens is 486 g/mol. The molecule has 0 spiro atoms. The number of benzene rings is 1. The van der Waals surface area contributed by atoms with Crippen LogP contribution in [-0.2, 0) is 22.9 Å². The van der Waals surface area contributed by atoms with Crippen molar-refractivity contribution in [3.05, 3.63) is 41.0 Å². The Hall–Kier alpha value is -1.20. The van der Waals surface area contributed by atoms with Crippen LogP contribution in [0.3, 0.4) is 0 Å². The second-order valence-electron chi connectivity index (χ2n) is 10.6. The van der Waals surface area contributed by atoms with Crippen molar-refractivity contribution >= 4 is 43.0 Å². The summed E-state index contributed by atoms with van der Waals surface area (Å²) >= 11 is 3.61. The van der Waals surface area contributed by atoms with Crippen LogP contribution in [-0.4, -0.2) is 43.7 Å². The molecule has 8 heteroatoms. The Labute approximate surface area is 196 Å². The molecule has 0 radical (unpaired) electrons. The number of aromatic nitrogens is 3. The minimum Gasteiger partial charge on any atom is -0.361 e. The van der Waals surface area contributed by atoms with Gasteiger partial charge in [-0.15, -0.1) is 0 Å². The van der Waals surface area contributed by atoms with Crippen molar-refractivity contribution in [1.29, 1.82) is 0 Å². The Morgan fingerprint density at radius 3 is 2.19 bits per heavy atom. The topological polar surface area (TPSA) is 41.2 Å². The minimum absolute atomic E-state index is 0.463. The van der Waals surface area contributed by atoms with E-state index in [1.54, 1.807) is 0 Å². The van der Waals surface area contributed by atoms with E-state index in [1.807, 2.05) is 4.68 Å². The first-order chi connectivity index (χ1) is 14.5. The third-order valence-corrected chi connectivity index (χ3v) is 9.12. The van der Waals surface area contributed by atoms with E-state index in [9.17, 15) is 0 Å². The SMILES string of the molecule is C[Si](C)(C)CCOCn1cccc1-c1nn(COCC[Si](C)(C)C)c2cc(Br)ccc12. The minimum atomic E-state index is -1.11. The quantitative estimate of drug-likeness (QED) is 0.203. The molecule has 5 nitrogen and oxygen atoms in total. The molecule has 2 aromatic heterocycles. The van der Waals surface area contributed by atoms with E-state index >= 15 is 0 Å². The van der Waals surface area contributed by atoms with Gasteiger partial charge in [-0.05, 0) is 42.4 Å². The average Bonchev–Trinajstić information content (AvgIpc) is 3.25. The number of fused-ring (bicyclic) bond motifs is 1. The second kappa shape index (κ2) is 10.2. The molecule has 0 bridgehead atoms.